The first-order valence-corrected chi connectivity index (χ1v) is 8.53. The Morgan fingerprint density at radius 1 is 1.32 bits per heavy atom. The van der Waals surface area contributed by atoms with Crippen molar-refractivity contribution in [3.63, 3.8) is 0 Å². The predicted octanol–water partition coefficient (Wildman–Crippen LogP) is -1.67. The van der Waals surface area contributed by atoms with E-state index in [1.54, 1.807) is 0 Å². The lowest BCUT2D eigenvalue weighted by Crippen LogP contribution is -2.70. The first-order valence-electron chi connectivity index (χ1n) is 7.49. The van der Waals surface area contributed by atoms with Crippen LogP contribution in [0.1, 0.15) is 19.3 Å². The monoisotopic (exact) mass is 374 g/mol. The number of aliphatic hydroxyl groups is 2. The number of carbonyl (C=O) groups is 4. The second kappa shape index (κ2) is 7.85. The molecule has 0 spiro atoms. The highest BCUT2D eigenvalue weighted by atomic mass is 32.2. The molecule has 1 saturated heterocycles. The minimum Gasteiger partial charge on any atom is -0.479 e. The molecule has 0 saturated carbocycles. The minimum atomic E-state index is -1.54. The molecule has 25 heavy (non-hydrogen) atoms. The van der Waals surface area contributed by atoms with Crippen molar-refractivity contribution in [2.45, 2.75) is 36.8 Å². The number of carboxylic acid groups (broad SMARTS) is 2. The second-order valence-corrected chi connectivity index (χ2v) is 6.72. The van der Waals surface area contributed by atoms with E-state index in [-0.39, 0.29) is 36.3 Å². The van der Waals surface area contributed by atoms with Crippen LogP contribution in [0.25, 0.3) is 0 Å². The number of amides is 2. The average molecular weight is 374 g/mol. The highest BCUT2D eigenvalue weighted by molar-refractivity contribution is 8.00. The summed E-state index contributed by atoms with van der Waals surface area (Å²) in [7, 11) is 0. The zero-order valence-electron chi connectivity index (χ0n) is 13.0. The smallest absolute Gasteiger partial charge is 0.352 e. The van der Waals surface area contributed by atoms with Gasteiger partial charge in [-0.3, -0.25) is 14.5 Å². The first kappa shape index (κ1) is 19.2. The number of rotatable bonds is 8. The molecule has 2 rings (SSSR count). The molecule has 2 aliphatic rings. The third kappa shape index (κ3) is 3.94. The molecular weight excluding hydrogens is 356 g/mol. The van der Waals surface area contributed by atoms with Crippen LogP contribution in [0.3, 0.4) is 0 Å². The Hall–Kier alpha value is -2.11. The van der Waals surface area contributed by atoms with Gasteiger partial charge in [0.05, 0.1) is 6.61 Å². The Morgan fingerprint density at radius 3 is 2.56 bits per heavy atom. The Bertz CT molecular complexity index is 634. The van der Waals surface area contributed by atoms with Crippen molar-refractivity contribution in [3.8, 4) is 0 Å². The van der Waals surface area contributed by atoms with Gasteiger partial charge in [0.15, 0.2) is 6.10 Å². The molecule has 0 aromatic rings. The van der Waals surface area contributed by atoms with Gasteiger partial charge in [-0.05, 0) is 18.4 Å². The molecule has 0 aromatic heterocycles. The van der Waals surface area contributed by atoms with Crippen molar-refractivity contribution >= 4 is 35.5 Å². The summed E-state index contributed by atoms with van der Waals surface area (Å²) in [6.07, 6.45) is -1.55. The standard InChI is InChI=1S/C14H18N2O8S/c17-4-6-5-25-12-9(11(20)16(12)10(6)14(23)24)15-8(19)3-1-2-7(18)13(21)22/h7,9,12,17-18H,1-5H2,(H,15,19)(H,21,22)(H,23,24)/t7?,9-,12-/m1/s1. The van der Waals surface area contributed by atoms with Gasteiger partial charge in [-0.25, -0.2) is 9.59 Å². The molecule has 0 aliphatic carbocycles. The fraction of sp³-hybridized carbons (Fsp3) is 0.571. The van der Waals surface area contributed by atoms with E-state index in [1.165, 1.54) is 11.8 Å². The zero-order chi connectivity index (χ0) is 18.7. The van der Waals surface area contributed by atoms with Crippen LogP contribution in [-0.4, -0.2) is 79.0 Å². The topological polar surface area (TPSA) is 164 Å². The SMILES string of the molecule is O=C(CCCC(O)C(=O)O)N[C@@H]1C(=O)N2C(C(=O)O)=C(CO)CS[C@H]12. The van der Waals surface area contributed by atoms with Crippen LogP contribution in [0, 0.1) is 0 Å². The molecule has 10 nitrogen and oxygen atoms in total. The third-order valence-corrected chi connectivity index (χ3v) is 5.26. The normalized spacial score (nSPS) is 23.6. The summed E-state index contributed by atoms with van der Waals surface area (Å²) in [6, 6.07) is -0.864. The summed E-state index contributed by atoms with van der Waals surface area (Å²) in [4.78, 5) is 46.9. The van der Waals surface area contributed by atoms with E-state index < -0.39 is 47.9 Å². The number of aliphatic carboxylic acids is 2. The van der Waals surface area contributed by atoms with Gasteiger partial charge in [0.2, 0.25) is 5.91 Å². The molecule has 3 atom stereocenters. The lowest BCUT2D eigenvalue weighted by molar-refractivity contribution is -0.150. The molecular formula is C14H18N2O8S. The number of thioether (sulfide) groups is 1. The van der Waals surface area contributed by atoms with E-state index in [4.69, 9.17) is 10.2 Å². The molecule has 138 valence electrons. The van der Waals surface area contributed by atoms with Gasteiger partial charge in [0.25, 0.3) is 5.91 Å². The summed E-state index contributed by atoms with van der Waals surface area (Å²) in [6.45, 7) is -0.464. The summed E-state index contributed by atoms with van der Waals surface area (Å²) >= 11 is 1.24. The maximum absolute atomic E-state index is 12.2. The fourth-order valence-corrected chi connectivity index (χ4v) is 3.97. The molecule has 0 aromatic carbocycles. The van der Waals surface area contributed by atoms with E-state index in [1.807, 2.05) is 0 Å². The Kier molecular flexibility index (Phi) is 6.03. The van der Waals surface area contributed by atoms with Crippen molar-refractivity contribution in [1.29, 1.82) is 0 Å². The van der Waals surface area contributed by atoms with Crippen LogP contribution >= 0.6 is 11.8 Å². The van der Waals surface area contributed by atoms with Gasteiger partial charge in [0, 0.05) is 12.2 Å². The van der Waals surface area contributed by atoms with E-state index in [0.717, 1.165) is 4.90 Å². The molecule has 2 heterocycles. The summed E-state index contributed by atoms with van der Waals surface area (Å²) in [5, 5.41) is 38.1. The van der Waals surface area contributed by atoms with E-state index in [2.05, 4.69) is 5.32 Å². The van der Waals surface area contributed by atoms with Crippen LogP contribution < -0.4 is 5.32 Å². The molecule has 5 N–H and O–H groups in total. The van der Waals surface area contributed by atoms with Gasteiger partial charge < -0.3 is 25.7 Å². The van der Waals surface area contributed by atoms with Crippen LogP contribution in [-0.2, 0) is 19.2 Å². The quantitative estimate of drug-likeness (QED) is 0.312. The van der Waals surface area contributed by atoms with Crippen LogP contribution in [0.15, 0.2) is 11.3 Å². The molecule has 1 fully saturated rings. The van der Waals surface area contributed by atoms with E-state index >= 15 is 0 Å². The van der Waals surface area contributed by atoms with Gasteiger partial charge in [-0.2, -0.15) is 0 Å². The third-order valence-electron chi connectivity index (χ3n) is 3.92. The van der Waals surface area contributed by atoms with E-state index in [0.29, 0.717) is 0 Å². The Labute approximate surface area is 146 Å². The number of carboxylic acids is 2. The molecule has 11 heteroatoms. The minimum absolute atomic E-state index is 0.0605. The molecule has 2 amide bonds. The molecule has 0 bridgehead atoms. The summed E-state index contributed by atoms with van der Waals surface area (Å²) in [5.41, 5.74) is 0.000800. The lowest BCUT2D eigenvalue weighted by Gasteiger charge is -2.49. The van der Waals surface area contributed by atoms with Crippen LogP contribution in [0.5, 0.6) is 0 Å². The second-order valence-electron chi connectivity index (χ2n) is 5.62. The number of carbonyl (C=O) groups excluding carboxylic acids is 2. The van der Waals surface area contributed by atoms with Crippen molar-refractivity contribution in [3.05, 3.63) is 11.3 Å². The number of hydrogen-bond acceptors (Lipinski definition) is 7. The first-order chi connectivity index (χ1) is 11.8. The molecule has 1 unspecified atom stereocenters. The van der Waals surface area contributed by atoms with Crippen molar-refractivity contribution in [2.24, 2.45) is 0 Å². The number of fused-ring (bicyclic) bond motifs is 1. The number of β-lactam (4-membered cyclic amide) rings is 1. The maximum atomic E-state index is 12.2. The van der Waals surface area contributed by atoms with E-state index in [9.17, 15) is 29.4 Å². The highest BCUT2D eigenvalue weighted by Gasteiger charge is 2.53. The maximum Gasteiger partial charge on any atom is 0.352 e. The van der Waals surface area contributed by atoms with Crippen LogP contribution in [0.2, 0.25) is 0 Å². The lowest BCUT2D eigenvalue weighted by atomic mass is 10.0. The van der Waals surface area contributed by atoms with Crippen molar-refractivity contribution in [1.82, 2.24) is 10.2 Å². The van der Waals surface area contributed by atoms with Crippen molar-refractivity contribution in [2.75, 3.05) is 12.4 Å². The highest BCUT2D eigenvalue weighted by Crippen LogP contribution is 2.40. The van der Waals surface area contributed by atoms with Gasteiger partial charge in [0.1, 0.15) is 17.1 Å². The van der Waals surface area contributed by atoms with Gasteiger partial charge >= 0.3 is 11.9 Å². The number of hydrogen-bond donors (Lipinski definition) is 5. The molecule has 0 radical (unpaired) electrons. The fourth-order valence-electron chi connectivity index (χ4n) is 2.63. The number of nitrogens with zero attached hydrogens (tertiary/aromatic N) is 1. The largest absolute Gasteiger partial charge is 0.479 e. The average Bonchev–Trinajstić information content (AvgIpc) is 2.57. The Morgan fingerprint density at radius 2 is 2.00 bits per heavy atom. The number of aliphatic hydroxyl groups excluding tert-OH is 2. The van der Waals surface area contributed by atoms with Gasteiger partial charge in [-0.15, -0.1) is 11.8 Å². The van der Waals surface area contributed by atoms with Crippen LogP contribution in [0.4, 0.5) is 0 Å². The Balaban J connectivity index is 1.91. The zero-order valence-corrected chi connectivity index (χ0v) is 13.9. The van der Waals surface area contributed by atoms with Crippen molar-refractivity contribution < 1.29 is 39.6 Å². The number of nitrogens with one attached hydrogen (secondary N) is 1. The predicted molar refractivity (Wildman–Crippen MR) is 84.3 cm³/mol. The summed E-state index contributed by atoms with van der Waals surface area (Å²) in [5.74, 6) is -3.49. The molecule has 2 aliphatic heterocycles. The van der Waals surface area contributed by atoms with Gasteiger partial charge in [-0.1, -0.05) is 0 Å². The summed E-state index contributed by atoms with van der Waals surface area (Å²) < 4.78 is 0.